The molecule has 0 bridgehead atoms. The van der Waals surface area contributed by atoms with Crippen molar-refractivity contribution in [2.75, 3.05) is 13.7 Å². The highest BCUT2D eigenvalue weighted by Gasteiger charge is 2.14. The fourth-order valence-electron chi connectivity index (χ4n) is 2.43. The minimum absolute atomic E-state index is 0.0554. The van der Waals surface area contributed by atoms with Crippen molar-refractivity contribution in [2.24, 2.45) is 0 Å². The van der Waals surface area contributed by atoms with E-state index < -0.39 is 0 Å². The Balaban J connectivity index is 2.44. The summed E-state index contributed by atoms with van der Waals surface area (Å²) in [5, 5.41) is 9.03. The molecule has 2 aromatic heterocycles. The lowest BCUT2D eigenvalue weighted by atomic mass is 10.2. The van der Waals surface area contributed by atoms with Crippen LogP contribution in [0.15, 0.2) is 29.1 Å². The van der Waals surface area contributed by atoms with Gasteiger partial charge in [0.15, 0.2) is 0 Å². The largest absolute Gasteiger partial charge is 0.383 e. The summed E-state index contributed by atoms with van der Waals surface area (Å²) < 4.78 is 8.65. The Morgan fingerprint density at radius 1 is 1.25 bits per heavy atom. The molecule has 0 saturated heterocycles. The van der Waals surface area contributed by atoms with Gasteiger partial charge in [0, 0.05) is 13.5 Å². The summed E-state index contributed by atoms with van der Waals surface area (Å²) in [6.07, 6.45) is 0.758. The van der Waals surface area contributed by atoms with Crippen molar-refractivity contribution in [3.8, 4) is 0 Å². The van der Waals surface area contributed by atoms with Gasteiger partial charge in [0.25, 0.3) is 5.56 Å². The van der Waals surface area contributed by atoms with E-state index in [1.165, 1.54) is 0 Å². The Kier molecular flexibility index (Phi) is 3.23. The van der Waals surface area contributed by atoms with E-state index in [1.807, 2.05) is 35.6 Å². The Morgan fingerprint density at radius 2 is 2.05 bits per heavy atom. The Morgan fingerprint density at radius 3 is 2.80 bits per heavy atom. The number of methoxy groups -OCH3 is 1. The van der Waals surface area contributed by atoms with E-state index in [2.05, 4.69) is 10.2 Å². The van der Waals surface area contributed by atoms with Crippen LogP contribution in [0.1, 0.15) is 12.7 Å². The third kappa shape index (κ3) is 1.80. The number of hydrogen-bond acceptors (Lipinski definition) is 4. The van der Waals surface area contributed by atoms with Crippen LogP contribution in [-0.4, -0.2) is 32.9 Å². The fraction of sp³-hybridized carbons (Fsp3) is 0.357. The second-order valence-electron chi connectivity index (χ2n) is 4.57. The van der Waals surface area contributed by atoms with Crippen molar-refractivity contribution >= 4 is 16.7 Å². The highest BCUT2D eigenvalue weighted by molar-refractivity contribution is 5.80. The van der Waals surface area contributed by atoms with Gasteiger partial charge in [-0.2, -0.15) is 0 Å². The molecule has 3 aromatic rings. The predicted octanol–water partition coefficient (Wildman–Crippen LogP) is 1.25. The van der Waals surface area contributed by atoms with Gasteiger partial charge in [0.1, 0.15) is 5.82 Å². The third-order valence-electron chi connectivity index (χ3n) is 3.41. The maximum atomic E-state index is 12.6. The van der Waals surface area contributed by atoms with Crippen LogP contribution in [-0.2, 0) is 17.7 Å². The van der Waals surface area contributed by atoms with E-state index in [0.717, 1.165) is 17.8 Å². The van der Waals surface area contributed by atoms with Crippen LogP contribution < -0.4 is 5.56 Å². The topological polar surface area (TPSA) is 61.4 Å². The van der Waals surface area contributed by atoms with Gasteiger partial charge < -0.3 is 4.74 Å². The molecule has 0 amide bonds. The molecule has 0 atom stereocenters. The number of para-hydroxylation sites is 1. The maximum absolute atomic E-state index is 12.6. The molecule has 0 unspecified atom stereocenters. The van der Waals surface area contributed by atoms with Crippen LogP contribution in [0.2, 0.25) is 0 Å². The van der Waals surface area contributed by atoms with Crippen molar-refractivity contribution in [3.63, 3.8) is 0 Å². The summed E-state index contributed by atoms with van der Waals surface area (Å²) in [6.45, 7) is 2.95. The summed E-state index contributed by atoms with van der Waals surface area (Å²) in [7, 11) is 1.62. The van der Waals surface area contributed by atoms with Crippen LogP contribution in [0, 0.1) is 0 Å². The van der Waals surface area contributed by atoms with Gasteiger partial charge >= 0.3 is 0 Å². The number of aryl methyl sites for hydroxylation is 1. The van der Waals surface area contributed by atoms with Crippen molar-refractivity contribution in [1.82, 2.24) is 19.2 Å². The van der Waals surface area contributed by atoms with Gasteiger partial charge in [-0.05, 0) is 12.1 Å². The standard InChI is InChI=1S/C14H16N4O2/c1-3-12-15-16-14-17(8-9-20-2)13(19)10-6-4-5-7-11(10)18(12)14/h4-7H,3,8-9H2,1-2H3. The molecule has 0 aliphatic carbocycles. The molecular weight excluding hydrogens is 256 g/mol. The summed E-state index contributed by atoms with van der Waals surface area (Å²) in [6, 6.07) is 7.54. The Labute approximate surface area is 115 Å². The zero-order chi connectivity index (χ0) is 14.1. The molecule has 0 aliphatic heterocycles. The average Bonchev–Trinajstić information content (AvgIpc) is 2.91. The Bertz CT molecular complexity index is 819. The third-order valence-corrected chi connectivity index (χ3v) is 3.41. The van der Waals surface area contributed by atoms with Crippen LogP contribution in [0.3, 0.4) is 0 Å². The minimum Gasteiger partial charge on any atom is -0.383 e. The van der Waals surface area contributed by atoms with Gasteiger partial charge in [-0.3, -0.25) is 13.8 Å². The zero-order valence-electron chi connectivity index (χ0n) is 11.5. The van der Waals surface area contributed by atoms with Crippen LogP contribution >= 0.6 is 0 Å². The van der Waals surface area contributed by atoms with Gasteiger partial charge in [0.2, 0.25) is 5.78 Å². The van der Waals surface area contributed by atoms with Crippen LogP contribution in [0.25, 0.3) is 16.7 Å². The molecule has 0 radical (unpaired) electrons. The van der Waals surface area contributed by atoms with Crippen molar-refractivity contribution < 1.29 is 4.74 Å². The first-order valence-electron chi connectivity index (χ1n) is 6.62. The first-order chi connectivity index (χ1) is 9.77. The number of rotatable bonds is 4. The monoisotopic (exact) mass is 272 g/mol. The molecule has 0 fully saturated rings. The molecule has 104 valence electrons. The lowest BCUT2D eigenvalue weighted by Gasteiger charge is -2.10. The van der Waals surface area contributed by atoms with E-state index in [4.69, 9.17) is 4.74 Å². The molecule has 0 N–H and O–H groups in total. The van der Waals surface area contributed by atoms with E-state index in [0.29, 0.717) is 24.3 Å². The molecule has 3 rings (SSSR count). The first-order valence-corrected chi connectivity index (χ1v) is 6.62. The molecule has 0 spiro atoms. The summed E-state index contributed by atoms with van der Waals surface area (Å²) in [5.74, 6) is 1.42. The molecule has 20 heavy (non-hydrogen) atoms. The van der Waals surface area contributed by atoms with Crippen LogP contribution in [0.5, 0.6) is 0 Å². The molecule has 6 nitrogen and oxygen atoms in total. The van der Waals surface area contributed by atoms with Crippen molar-refractivity contribution in [3.05, 3.63) is 40.4 Å². The second kappa shape index (κ2) is 5.05. The summed E-state index contributed by atoms with van der Waals surface area (Å²) in [5.41, 5.74) is 0.795. The molecule has 1 aromatic carbocycles. The summed E-state index contributed by atoms with van der Waals surface area (Å²) >= 11 is 0. The number of nitrogens with zero attached hydrogens (tertiary/aromatic N) is 4. The molecule has 0 saturated carbocycles. The fourth-order valence-corrected chi connectivity index (χ4v) is 2.43. The number of hydrogen-bond donors (Lipinski definition) is 0. The van der Waals surface area contributed by atoms with Crippen LogP contribution in [0.4, 0.5) is 0 Å². The lowest BCUT2D eigenvalue weighted by molar-refractivity contribution is 0.187. The molecule has 6 heteroatoms. The normalized spacial score (nSPS) is 11.5. The SMILES string of the molecule is CCc1nnc2n(CCOC)c(=O)c3ccccc3n12. The predicted molar refractivity (Wildman–Crippen MR) is 76.0 cm³/mol. The number of aromatic nitrogens is 4. The second-order valence-corrected chi connectivity index (χ2v) is 4.57. The highest BCUT2D eigenvalue weighted by Crippen LogP contribution is 2.14. The van der Waals surface area contributed by atoms with Gasteiger partial charge in [-0.25, -0.2) is 0 Å². The lowest BCUT2D eigenvalue weighted by Crippen LogP contribution is -2.25. The van der Waals surface area contributed by atoms with E-state index in [1.54, 1.807) is 11.7 Å². The van der Waals surface area contributed by atoms with E-state index >= 15 is 0 Å². The Hall–Kier alpha value is -2.21. The van der Waals surface area contributed by atoms with Gasteiger partial charge in [0.05, 0.1) is 24.1 Å². The highest BCUT2D eigenvalue weighted by atomic mass is 16.5. The quantitative estimate of drug-likeness (QED) is 0.717. The molecule has 2 heterocycles. The first kappa shape index (κ1) is 12.8. The minimum atomic E-state index is -0.0554. The molecule has 0 aliphatic rings. The van der Waals surface area contributed by atoms with Crippen molar-refractivity contribution in [2.45, 2.75) is 19.9 Å². The van der Waals surface area contributed by atoms with Gasteiger partial charge in [-0.15, -0.1) is 10.2 Å². The average molecular weight is 272 g/mol. The maximum Gasteiger partial charge on any atom is 0.262 e. The zero-order valence-corrected chi connectivity index (χ0v) is 11.5. The number of ether oxygens (including phenoxy) is 1. The summed E-state index contributed by atoms with van der Waals surface area (Å²) in [4.78, 5) is 12.6. The number of fused-ring (bicyclic) bond motifs is 3. The van der Waals surface area contributed by atoms with Crippen molar-refractivity contribution in [1.29, 1.82) is 0 Å². The van der Waals surface area contributed by atoms with Gasteiger partial charge in [-0.1, -0.05) is 19.1 Å². The molecular formula is C14H16N4O2. The smallest absolute Gasteiger partial charge is 0.262 e. The van der Waals surface area contributed by atoms with E-state index in [9.17, 15) is 4.79 Å². The number of benzene rings is 1. The van der Waals surface area contributed by atoms with E-state index in [-0.39, 0.29) is 5.56 Å².